The van der Waals surface area contributed by atoms with Crippen molar-refractivity contribution in [3.63, 3.8) is 0 Å². The summed E-state index contributed by atoms with van der Waals surface area (Å²) in [4.78, 5) is 0. The van der Waals surface area contributed by atoms with Gasteiger partial charge < -0.3 is 5.32 Å². The number of hydrogen-bond acceptors (Lipinski definition) is 2. The lowest BCUT2D eigenvalue weighted by atomic mass is 10.3. The van der Waals surface area contributed by atoms with Crippen molar-refractivity contribution in [2.75, 3.05) is 0 Å². The van der Waals surface area contributed by atoms with Crippen molar-refractivity contribution in [1.29, 1.82) is 0 Å². The topological polar surface area (TPSA) is 29.9 Å². The van der Waals surface area contributed by atoms with Crippen LogP contribution >= 0.6 is 11.6 Å². The lowest BCUT2D eigenvalue weighted by Gasteiger charge is -2.06. The largest absolute Gasteiger partial charge is 0.309 e. The predicted molar refractivity (Wildman–Crippen MR) is 70.5 cm³/mol. The summed E-state index contributed by atoms with van der Waals surface area (Å²) in [5.41, 5.74) is 1.22. The number of nitrogens with one attached hydrogen (secondary N) is 1. The highest BCUT2D eigenvalue weighted by Gasteiger charge is 2.09. The minimum atomic E-state index is -0.453. The molecule has 0 aliphatic carbocycles. The van der Waals surface area contributed by atoms with Gasteiger partial charge in [0, 0.05) is 18.8 Å². The Balaban J connectivity index is 2.21. The van der Waals surface area contributed by atoms with Crippen LogP contribution in [-0.4, -0.2) is 15.8 Å². The van der Waals surface area contributed by atoms with Gasteiger partial charge in [0.25, 0.3) is 0 Å². The van der Waals surface area contributed by atoms with Crippen molar-refractivity contribution in [1.82, 2.24) is 15.1 Å². The summed E-state index contributed by atoms with van der Waals surface area (Å²) in [7, 11) is 0. The zero-order chi connectivity index (χ0) is 13.1. The smallest absolute Gasteiger partial charge is 0.167 e. The van der Waals surface area contributed by atoms with Crippen molar-refractivity contribution in [3.05, 3.63) is 47.0 Å². The molecule has 0 saturated heterocycles. The molecule has 0 amide bonds. The monoisotopic (exact) mass is 267 g/mol. The predicted octanol–water partition coefficient (Wildman–Crippen LogP) is 3.16. The molecule has 0 unspecified atom stereocenters. The van der Waals surface area contributed by atoms with E-state index >= 15 is 0 Å². The third-order valence-electron chi connectivity index (χ3n) is 2.51. The first kappa shape index (κ1) is 13.1. The van der Waals surface area contributed by atoms with Gasteiger partial charge in [-0.3, -0.25) is 0 Å². The van der Waals surface area contributed by atoms with Gasteiger partial charge in [0.05, 0.1) is 10.7 Å². The van der Waals surface area contributed by atoms with Gasteiger partial charge in [0.2, 0.25) is 0 Å². The highest BCUT2D eigenvalue weighted by atomic mass is 35.5. The van der Waals surface area contributed by atoms with Crippen LogP contribution in [0.2, 0.25) is 5.02 Å². The summed E-state index contributed by atoms with van der Waals surface area (Å²) in [6.07, 6.45) is 1.73. The minimum Gasteiger partial charge on any atom is -0.309 e. The van der Waals surface area contributed by atoms with Crippen molar-refractivity contribution in [2.24, 2.45) is 0 Å². The molecule has 0 fully saturated rings. The first-order chi connectivity index (χ1) is 8.58. The molecule has 1 N–H and O–H groups in total. The molecule has 1 aromatic heterocycles. The van der Waals surface area contributed by atoms with Gasteiger partial charge in [-0.25, -0.2) is 9.07 Å². The van der Waals surface area contributed by atoms with Gasteiger partial charge in [-0.2, -0.15) is 5.10 Å². The second-order valence-corrected chi connectivity index (χ2v) is 4.77. The van der Waals surface area contributed by atoms with Crippen LogP contribution in [0.5, 0.6) is 0 Å². The van der Waals surface area contributed by atoms with Crippen molar-refractivity contribution in [3.8, 4) is 5.69 Å². The number of aromatic nitrogens is 2. The van der Waals surface area contributed by atoms with E-state index in [2.05, 4.69) is 24.3 Å². The highest BCUT2D eigenvalue weighted by molar-refractivity contribution is 6.30. The van der Waals surface area contributed by atoms with E-state index in [0.717, 1.165) is 5.69 Å². The SMILES string of the molecule is CC(C)NCc1ccn(-c2cccc(Cl)c2F)n1. The fourth-order valence-corrected chi connectivity index (χ4v) is 1.74. The van der Waals surface area contributed by atoms with Gasteiger partial charge >= 0.3 is 0 Å². The average Bonchev–Trinajstić information content (AvgIpc) is 2.78. The van der Waals surface area contributed by atoms with Crippen LogP contribution < -0.4 is 5.32 Å². The maximum atomic E-state index is 13.8. The maximum absolute atomic E-state index is 13.8. The fourth-order valence-electron chi connectivity index (χ4n) is 1.57. The van der Waals surface area contributed by atoms with Crippen LogP contribution in [0.25, 0.3) is 5.69 Å². The molecule has 2 aromatic rings. The normalized spacial score (nSPS) is 11.2. The summed E-state index contributed by atoms with van der Waals surface area (Å²) >= 11 is 5.74. The average molecular weight is 268 g/mol. The molecule has 0 radical (unpaired) electrons. The molecule has 0 spiro atoms. The molecule has 3 nitrogen and oxygen atoms in total. The van der Waals surface area contributed by atoms with Crippen molar-refractivity contribution < 1.29 is 4.39 Å². The Morgan fingerprint density at radius 3 is 2.89 bits per heavy atom. The molecule has 0 aliphatic rings. The van der Waals surface area contributed by atoms with E-state index in [1.165, 1.54) is 10.7 Å². The van der Waals surface area contributed by atoms with Crippen LogP contribution in [0.1, 0.15) is 19.5 Å². The van der Waals surface area contributed by atoms with Crippen LogP contribution in [0.4, 0.5) is 4.39 Å². The molecule has 1 aromatic carbocycles. The Labute approximate surface area is 111 Å². The van der Waals surface area contributed by atoms with E-state index in [4.69, 9.17) is 11.6 Å². The van der Waals surface area contributed by atoms with E-state index in [1.807, 2.05) is 6.07 Å². The van der Waals surface area contributed by atoms with E-state index in [0.29, 0.717) is 18.3 Å². The molecule has 0 aliphatic heterocycles. The molecule has 0 bridgehead atoms. The quantitative estimate of drug-likeness (QED) is 0.922. The molecular weight excluding hydrogens is 253 g/mol. The Morgan fingerprint density at radius 2 is 2.17 bits per heavy atom. The van der Waals surface area contributed by atoms with Gasteiger partial charge in [0.15, 0.2) is 5.82 Å². The summed E-state index contributed by atoms with van der Waals surface area (Å²) in [5.74, 6) is -0.453. The van der Waals surface area contributed by atoms with Gasteiger partial charge in [-0.15, -0.1) is 0 Å². The molecular formula is C13H15ClFN3. The number of halogens is 2. The van der Waals surface area contributed by atoms with Crippen molar-refractivity contribution >= 4 is 11.6 Å². The Hall–Kier alpha value is -1.39. The first-order valence-corrected chi connectivity index (χ1v) is 6.18. The second kappa shape index (κ2) is 5.50. The Bertz CT molecular complexity index is 537. The Kier molecular flexibility index (Phi) is 3.99. The number of hydrogen-bond donors (Lipinski definition) is 1. The number of nitrogens with zero attached hydrogens (tertiary/aromatic N) is 2. The first-order valence-electron chi connectivity index (χ1n) is 5.80. The van der Waals surface area contributed by atoms with Crippen LogP contribution in [0.3, 0.4) is 0 Å². The van der Waals surface area contributed by atoms with Crippen molar-refractivity contribution in [2.45, 2.75) is 26.4 Å². The minimum absolute atomic E-state index is 0.102. The zero-order valence-corrected chi connectivity index (χ0v) is 11.1. The van der Waals surface area contributed by atoms with Crippen LogP contribution in [0.15, 0.2) is 30.5 Å². The lowest BCUT2D eigenvalue weighted by molar-refractivity contribution is 0.574. The molecule has 5 heteroatoms. The number of rotatable bonds is 4. The van der Waals surface area contributed by atoms with E-state index in [1.54, 1.807) is 18.3 Å². The molecule has 2 rings (SSSR count). The van der Waals surface area contributed by atoms with Crippen LogP contribution in [-0.2, 0) is 6.54 Å². The maximum Gasteiger partial charge on any atom is 0.167 e. The summed E-state index contributed by atoms with van der Waals surface area (Å²) in [5, 5.41) is 7.67. The molecule has 18 heavy (non-hydrogen) atoms. The second-order valence-electron chi connectivity index (χ2n) is 4.36. The lowest BCUT2D eigenvalue weighted by Crippen LogP contribution is -2.22. The standard InChI is InChI=1S/C13H15ClFN3/c1-9(2)16-8-10-6-7-18(17-10)12-5-3-4-11(14)13(12)15/h3-7,9,16H,8H2,1-2H3. The van der Waals surface area contributed by atoms with E-state index in [-0.39, 0.29) is 5.02 Å². The zero-order valence-electron chi connectivity index (χ0n) is 10.3. The van der Waals surface area contributed by atoms with Gasteiger partial charge in [-0.05, 0) is 18.2 Å². The third-order valence-corrected chi connectivity index (χ3v) is 2.81. The van der Waals surface area contributed by atoms with Gasteiger partial charge in [-0.1, -0.05) is 31.5 Å². The molecule has 0 saturated carbocycles. The number of benzene rings is 1. The molecule has 1 heterocycles. The highest BCUT2D eigenvalue weighted by Crippen LogP contribution is 2.20. The summed E-state index contributed by atoms with van der Waals surface area (Å²) < 4.78 is 15.3. The van der Waals surface area contributed by atoms with Gasteiger partial charge in [0.1, 0.15) is 5.69 Å². The molecule has 0 atom stereocenters. The van der Waals surface area contributed by atoms with E-state index < -0.39 is 5.82 Å². The Morgan fingerprint density at radius 1 is 1.39 bits per heavy atom. The van der Waals surface area contributed by atoms with E-state index in [9.17, 15) is 4.39 Å². The fraction of sp³-hybridized carbons (Fsp3) is 0.308. The summed E-state index contributed by atoms with van der Waals surface area (Å²) in [6, 6.07) is 7.11. The summed E-state index contributed by atoms with van der Waals surface area (Å²) in [6.45, 7) is 4.79. The third kappa shape index (κ3) is 2.89. The van der Waals surface area contributed by atoms with Crippen LogP contribution in [0, 0.1) is 5.82 Å². The molecule has 96 valence electrons.